The van der Waals surface area contributed by atoms with Gasteiger partial charge in [-0.25, -0.2) is 4.79 Å². The van der Waals surface area contributed by atoms with Gasteiger partial charge in [-0.3, -0.25) is 19.8 Å². The van der Waals surface area contributed by atoms with Crippen molar-refractivity contribution in [2.45, 2.75) is 65.2 Å². The molecule has 1 fully saturated rings. The highest BCUT2D eigenvalue weighted by Gasteiger charge is 2.46. The molecule has 0 saturated carbocycles. The van der Waals surface area contributed by atoms with Crippen molar-refractivity contribution < 1.29 is 9.59 Å². The van der Waals surface area contributed by atoms with Crippen molar-refractivity contribution in [3.05, 3.63) is 41.3 Å². The van der Waals surface area contributed by atoms with Crippen LogP contribution >= 0.6 is 0 Å². The van der Waals surface area contributed by atoms with Crippen molar-refractivity contribution in [3.63, 3.8) is 0 Å². The summed E-state index contributed by atoms with van der Waals surface area (Å²) in [6.45, 7) is 13.6. The predicted molar refractivity (Wildman–Crippen MR) is 122 cm³/mol. The maximum Gasteiger partial charge on any atom is 0.321 e. The Balaban J connectivity index is 1.51. The molecule has 32 heavy (non-hydrogen) atoms. The molecule has 0 bridgehead atoms. The average Bonchev–Trinajstić information content (AvgIpc) is 3.29. The number of hydrogen-bond donors (Lipinski definition) is 2. The molecule has 0 aliphatic carbocycles. The molecule has 0 aromatic carbocycles. The second-order valence-corrected chi connectivity index (χ2v) is 9.37. The fraction of sp³-hybridized carbons (Fsp3) is 0.565. The Morgan fingerprint density at radius 1 is 1.22 bits per heavy atom. The lowest BCUT2D eigenvalue weighted by atomic mass is 10.0. The molecule has 2 aromatic heterocycles. The maximum absolute atomic E-state index is 13.7. The molecule has 3 amide bonds. The third-order valence-corrected chi connectivity index (χ3v) is 6.70. The minimum atomic E-state index is -0.559. The zero-order valence-electron chi connectivity index (χ0n) is 19.6. The van der Waals surface area contributed by atoms with Crippen LogP contribution in [-0.4, -0.2) is 73.5 Å². The normalized spacial score (nSPS) is 22.7. The minimum Gasteiger partial charge on any atom is -0.319 e. The van der Waals surface area contributed by atoms with Crippen LogP contribution in [0.15, 0.2) is 24.4 Å². The van der Waals surface area contributed by atoms with Crippen LogP contribution in [0.3, 0.4) is 0 Å². The first-order valence-corrected chi connectivity index (χ1v) is 11.4. The molecule has 1 saturated heterocycles. The molecule has 0 unspecified atom stereocenters. The topological polar surface area (TPSA) is 97.5 Å². The van der Waals surface area contributed by atoms with E-state index in [0.717, 1.165) is 30.8 Å². The number of urea groups is 1. The summed E-state index contributed by atoms with van der Waals surface area (Å²) in [5.41, 5.74) is 1.46. The fourth-order valence-electron chi connectivity index (χ4n) is 4.81. The van der Waals surface area contributed by atoms with Crippen LogP contribution in [0, 0.1) is 0 Å². The van der Waals surface area contributed by atoms with Crippen LogP contribution in [0.25, 0.3) is 0 Å². The van der Waals surface area contributed by atoms with Gasteiger partial charge in [0, 0.05) is 36.9 Å². The minimum absolute atomic E-state index is 0.0251. The Morgan fingerprint density at radius 2 is 2.00 bits per heavy atom. The van der Waals surface area contributed by atoms with Crippen molar-refractivity contribution in [1.29, 1.82) is 0 Å². The smallest absolute Gasteiger partial charge is 0.319 e. The number of hydrogen-bond acceptors (Lipinski definition) is 5. The van der Waals surface area contributed by atoms with Gasteiger partial charge in [0.1, 0.15) is 5.69 Å². The molecule has 2 aromatic rings. The number of carbonyl (C=O) groups excluding carboxylic acids is 2. The lowest BCUT2D eigenvalue weighted by Gasteiger charge is -2.46. The first-order chi connectivity index (χ1) is 15.2. The Labute approximate surface area is 189 Å². The second kappa shape index (κ2) is 8.54. The first kappa shape index (κ1) is 22.3. The van der Waals surface area contributed by atoms with E-state index in [1.807, 2.05) is 23.6 Å². The van der Waals surface area contributed by atoms with E-state index in [2.05, 4.69) is 46.2 Å². The molecule has 4 heterocycles. The van der Waals surface area contributed by atoms with Gasteiger partial charge in [-0.05, 0) is 52.8 Å². The molecule has 9 nitrogen and oxygen atoms in total. The van der Waals surface area contributed by atoms with Crippen LogP contribution in [0.4, 0.5) is 10.6 Å². The number of aromatic amines is 1. The molecule has 172 valence electrons. The van der Waals surface area contributed by atoms with Crippen molar-refractivity contribution in [3.8, 4) is 0 Å². The highest BCUT2D eigenvalue weighted by atomic mass is 16.2. The molecule has 0 radical (unpaired) electrons. The summed E-state index contributed by atoms with van der Waals surface area (Å²) in [6.07, 6.45) is 2.69. The second-order valence-electron chi connectivity index (χ2n) is 9.37. The van der Waals surface area contributed by atoms with Crippen LogP contribution in [-0.2, 0) is 12.1 Å². The summed E-state index contributed by atoms with van der Waals surface area (Å²) in [6, 6.07) is 5.68. The number of fused-ring (bicyclic) bond motifs is 1. The van der Waals surface area contributed by atoms with Crippen molar-refractivity contribution in [2.24, 2.45) is 0 Å². The number of piperazine rings is 1. The molecule has 2 atom stereocenters. The van der Waals surface area contributed by atoms with Crippen LogP contribution in [0.2, 0.25) is 0 Å². The van der Waals surface area contributed by atoms with Gasteiger partial charge in [0.2, 0.25) is 0 Å². The van der Waals surface area contributed by atoms with Gasteiger partial charge in [0.05, 0.1) is 17.8 Å². The van der Waals surface area contributed by atoms with Gasteiger partial charge >= 0.3 is 6.03 Å². The maximum atomic E-state index is 13.7. The van der Waals surface area contributed by atoms with Crippen molar-refractivity contribution >= 4 is 17.8 Å². The summed E-state index contributed by atoms with van der Waals surface area (Å²) >= 11 is 0. The Hall–Kier alpha value is -2.94. The number of nitrogens with one attached hydrogen (secondary N) is 2. The molecular formula is C23H33N7O2. The zero-order valence-corrected chi connectivity index (χ0v) is 19.6. The van der Waals surface area contributed by atoms with Crippen molar-refractivity contribution in [1.82, 2.24) is 29.9 Å². The molecule has 4 rings (SSSR count). The Morgan fingerprint density at radius 3 is 2.69 bits per heavy atom. The van der Waals surface area contributed by atoms with Gasteiger partial charge < -0.3 is 15.1 Å². The summed E-state index contributed by atoms with van der Waals surface area (Å²) in [5.74, 6) is 0.130. The number of nitrogens with zero attached hydrogens (tertiary/aromatic N) is 5. The van der Waals surface area contributed by atoms with Gasteiger partial charge in [-0.1, -0.05) is 13.0 Å². The zero-order chi connectivity index (χ0) is 23.0. The molecule has 9 heteroatoms. The standard InChI is InChI=1S/C23H33N7O2/c1-6-11-28-12-16(3)29(13-15(28)2)22(32)30-14-17-19(23(30,4)5)26-27-20(17)25-21(31)18-9-7-8-10-24-18/h7-10,15-16H,6,11-14H2,1-5H3,(H2,25,26,27,31)/t15-,16-/m0/s1. The number of aromatic nitrogens is 3. The van der Waals surface area contributed by atoms with E-state index in [1.54, 1.807) is 24.4 Å². The molecule has 0 spiro atoms. The molecular weight excluding hydrogens is 406 g/mol. The van der Waals surface area contributed by atoms with E-state index in [0.29, 0.717) is 30.6 Å². The summed E-state index contributed by atoms with van der Waals surface area (Å²) in [7, 11) is 0. The molecule has 2 aliphatic rings. The Bertz CT molecular complexity index is 987. The number of amides is 3. The van der Waals surface area contributed by atoms with Crippen LogP contribution < -0.4 is 5.32 Å². The first-order valence-electron chi connectivity index (χ1n) is 11.4. The largest absolute Gasteiger partial charge is 0.321 e. The van der Waals surface area contributed by atoms with Crippen LogP contribution in [0.5, 0.6) is 0 Å². The van der Waals surface area contributed by atoms with Crippen LogP contribution in [0.1, 0.15) is 62.8 Å². The van der Waals surface area contributed by atoms with E-state index < -0.39 is 5.54 Å². The quantitative estimate of drug-likeness (QED) is 0.763. The third kappa shape index (κ3) is 3.85. The van der Waals surface area contributed by atoms with E-state index in [9.17, 15) is 9.59 Å². The fourth-order valence-corrected chi connectivity index (χ4v) is 4.81. The average molecular weight is 440 g/mol. The SMILES string of the molecule is CCCN1C[C@H](C)N(C(=O)N2Cc3c(NC(=O)c4ccccn4)n[nH]c3C2(C)C)C[C@@H]1C. The summed E-state index contributed by atoms with van der Waals surface area (Å²) < 4.78 is 0. The highest BCUT2D eigenvalue weighted by molar-refractivity contribution is 6.02. The van der Waals surface area contributed by atoms with E-state index in [4.69, 9.17) is 0 Å². The number of rotatable bonds is 4. The number of H-pyrrole nitrogens is 1. The number of carbonyl (C=O) groups is 2. The van der Waals surface area contributed by atoms with E-state index in [-0.39, 0.29) is 18.0 Å². The monoisotopic (exact) mass is 439 g/mol. The Kier molecular flexibility index (Phi) is 5.94. The highest BCUT2D eigenvalue weighted by Crippen LogP contribution is 2.41. The van der Waals surface area contributed by atoms with Gasteiger partial charge in [-0.2, -0.15) is 5.10 Å². The third-order valence-electron chi connectivity index (χ3n) is 6.70. The van der Waals surface area contributed by atoms with Gasteiger partial charge in [-0.15, -0.1) is 0 Å². The summed E-state index contributed by atoms with van der Waals surface area (Å²) in [5, 5.41) is 10.2. The van der Waals surface area contributed by atoms with E-state index in [1.165, 1.54) is 0 Å². The molecule has 2 N–H and O–H groups in total. The summed E-state index contributed by atoms with van der Waals surface area (Å²) in [4.78, 5) is 36.7. The number of anilines is 1. The predicted octanol–water partition coefficient (Wildman–Crippen LogP) is 3.03. The number of pyridine rings is 1. The van der Waals surface area contributed by atoms with Gasteiger partial charge in [0.15, 0.2) is 5.82 Å². The van der Waals surface area contributed by atoms with Crippen molar-refractivity contribution in [2.75, 3.05) is 25.0 Å². The van der Waals surface area contributed by atoms with E-state index >= 15 is 0 Å². The van der Waals surface area contributed by atoms with Gasteiger partial charge in [0.25, 0.3) is 5.91 Å². The lowest BCUT2D eigenvalue weighted by Crippen LogP contribution is -2.61. The molecule has 2 aliphatic heterocycles. The lowest BCUT2D eigenvalue weighted by molar-refractivity contribution is 0.0351.